The maximum atomic E-state index is 12.2. The van der Waals surface area contributed by atoms with E-state index in [-0.39, 0.29) is 11.4 Å². The van der Waals surface area contributed by atoms with Gasteiger partial charge < -0.3 is 10.3 Å². The molecule has 0 bridgehead atoms. The predicted molar refractivity (Wildman–Crippen MR) is 75.3 cm³/mol. The molecule has 0 fully saturated rings. The summed E-state index contributed by atoms with van der Waals surface area (Å²) in [6, 6.07) is 1.58. The van der Waals surface area contributed by atoms with E-state index in [0.717, 1.165) is 17.0 Å². The fourth-order valence-corrected chi connectivity index (χ4v) is 3.00. The molecule has 0 atom stereocenters. The molecule has 7 nitrogen and oxygen atoms in total. The average Bonchev–Trinajstić information content (AvgIpc) is 2.93. The number of aryl methyl sites for hydroxylation is 2. The summed E-state index contributed by atoms with van der Waals surface area (Å²) in [5.41, 5.74) is 8.10. The van der Waals surface area contributed by atoms with Gasteiger partial charge in [0.15, 0.2) is 0 Å². The van der Waals surface area contributed by atoms with Crippen LogP contribution in [0.3, 0.4) is 0 Å². The first-order valence-corrected chi connectivity index (χ1v) is 7.66. The number of sulfonamides is 1. The van der Waals surface area contributed by atoms with Crippen molar-refractivity contribution < 1.29 is 8.42 Å². The summed E-state index contributed by atoms with van der Waals surface area (Å²) < 4.78 is 30.4. The minimum atomic E-state index is -3.54. The van der Waals surface area contributed by atoms with Gasteiger partial charge in [-0.2, -0.15) is 5.10 Å². The predicted octanol–water partition coefficient (Wildman–Crippen LogP) is 0.00422. The third kappa shape index (κ3) is 2.77. The first-order valence-electron chi connectivity index (χ1n) is 6.17. The van der Waals surface area contributed by atoms with Crippen LogP contribution in [0.1, 0.15) is 17.0 Å². The van der Waals surface area contributed by atoms with Crippen LogP contribution in [-0.2, 0) is 37.2 Å². The number of hydrogen-bond donors (Lipinski definition) is 2. The normalized spacial score (nSPS) is 12.0. The van der Waals surface area contributed by atoms with E-state index < -0.39 is 10.0 Å². The molecule has 0 spiro atoms. The van der Waals surface area contributed by atoms with Gasteiger partial charge in [0, 0.05) is 50.3 Å². The highest BCUT2D eigenvalue weighted by Gasteiger charge is 2.17. The van der Waals surface area contributed by atoms with Gasteiger partial charge in [-0.1, -0.05) is 0 Å². The van der Waals surface area contributed by atoms with Crippen molar-refractivity contribution in [3.63, 3.8) is 0 Å². The molecule has 2 rings (SSSR count). The third-order valence-corrected chi connectivity index (χ3v) is 4.76. The molecule has 0 aromatic carbocycles. The zero-order chi connectivity index (χ0) is 14.9. The second-order valence-corrected chi connectivity index (χ2v) is 6.45. The Bertz CT molecular complexity index is 714. The molecule has 20 heavy (non-hydrogen) atoms. The molecular weight excluding hydrogens is 278 g/mol. The lowest BCUT2D eigenvalue weighted by atomic mass is 10.3. The molecule has 0 saturated carbocycles. The van der Waals surface area contributed by atoms with E-state index in [1.807, 2.05) is 14.0 Å². The molecular formula is C12H19N5O2S. The van der Waals surface area contributed by atoms with Gasteiger partial charge in [0.1, 0.15) is 0 Å². The molecule has 110 valence electrons. The molecule has 0 amide bonds. The molecule has 8 heteroatoms. The molecule has 0 aliphatic heterocycles. The van der Waals surface area contributed by atoms with E-state index in [9.17, 15) is 8.42 Å². The van der Waals surface area contributed by atoms with E-state index in [1.54, 1.807) is 34.8 Å². The minimum absolute atomic E-state index is 0.217. The lowest BCUT2D eigenvalue weighted by Crippen LogP contribution is -2.23. The van der Waals surface area contributed by atoms with Gasteiger partial charge in [-0.3, -0.25) is 4.68 Å². The summed E-state index contributed by atoms with van der Waals surface area (Å²) >= 11 is 0. The SMILES string of the molecule is Cc1c(CNS(=O)(=O)c2cc(CN)n(C)c2)cnn1C. The van der Waals surface area contributed by atoms with Crippen LogP contribution in [0.15, 0.2) is 23.4 Å². The zero-order valence-corrected chi connectivity index (χ0v) is 12.6. The number of hydrogen-bond acceptors (Lipinski definition) is 4. The van der Waals surface area contributed by atoms with Crippen molar-refractivity contribution in [2.24, 2.45) is 19.8 Å². The van der Waals surface area contributed by atoms with Crippen LogP contribution in [0.5, 0.6) is 0 Å². The van der Waals surface area contributed by atoms with Crippen LogP contribution in [0.2, 0.25) is 0 Å². The fraction of sp³-hybridized carbons (Fsp3) is 0.417. The Labute approximate surface area is 118 Å². The largest absolute Gasteiger partial charge is 0.352 e. The third-order valence-electron chi connectivity index (χ3n) is 3.39. The van der Waals surface area contributed by atoms with Gasteiger partial charge in [-0.25, -0.2) is 13.1 Å². The molecule has 3 N–H and O–H groups in total. The summed E-state index contributed by atoms with van der Waals surface area (Å²) in [7, 11) is 0.0467. The van der Waals surface area contributed by atoms with Gasteiger partial charge in [0.25, 0.3) is 0 Å². The molecule has 0 aliphatic carbocycles. The molecule has 2 aromatic heterocycles. The molecule has 0 radical (unpaired) electrons. The molecule has 0 aliphatic rings. The van der Waals surface area contributed by atoms with Gasteiger partial charge in [0.05, 0.1) is 11.1 Å². The molecule has 2 aromatic rings. The Kier molecular flexibility index (Phi) is 3.98. The van der Waals surface area contributed by atoms with E-state index in [4.69, 9.17) is 5.73 Å². The van der Waals surface area contributed by atoms with Crippen LogP contribution < -0.4 is 10.5 Å². The summed E-state index contributed by atoms with van der Waals surface area (Å²) in [6.45, 7) is 2.41. The van der Waals surface area contributed by atoms with E-state index in [1.165, 1.54) is 0 Å². The molecule has 0 saturated heterocycles. The quantitative estimate of drug-likeness (QED) is 0.812. The van der Waals surface area contributed by atoms with Crippen molar-refractivity contribution in [3.05, 3.63) is 35.4 Å². The van der Waals surface area contributed by atoms with Gasteiger partial charge in [-0.15, -0.1) is 0 Å². The smallest absolute Gasteiger partial charge is 0.242 e. The molecule has 0 unspecified atom stereocenters. The van der Waals surface area contributed by atoms with Crippen molar-refractivity contribution in [1.29, 1.82) is 0 Å². The first kappa shape index (κ1) is 14.8. The lowest BCUT2D eigenvalue weighted by Gasteiger charge is -2.04. The van der Waals surface area contributed by atoms with Crippen LogP contribution in [0.25, 0.3) is 0 Å². The van der Waals surface area contributed by atoms with Crippen LogP contribution in [0.4, 0.5) is 0 Å². The topological polar surface area (TPSA) is 94.9 Å². The average molecular weight is 297 g/mol. The summed E-state index contributed by atoms with van der Waals surface area (Å²) in [5.74, 6) is 0. The Morgan fingerprint density at radius 2 is 2.10 bits per heavy atom. The summed E-state index contributed by atoms with van der Waals surface area (Å²) in [5, 5.41) is 4.08. The van der Waals surface area contributed by atoms with E-state index >= 15 is 0 Å². The zero-order valence-electron chi connectivity index (χ0n) is 11.8. The standard InChI is InChI=1S/C12H19N5O2S/c1-9-10(6-14-17(9)3)7-15-20(18,19)12-4-11(5-13)16(2)8-12/h4,6,8,15H,5,7,13H2,1-3H3. The Hall–Kier alpha value is -1.64. The first-order chi connectivity index (χ1) is 9.35. The second-order valence-electron chi connectivity index (χ2n) is 4.69. The number of nitrogens with one attached hydrogen (secondary N) is 1. The van der Waals surface area contributed by atoms with Crippen molar-refractivity contribution in [2.45, 2.75) is 24.9 Å². The van der Waals surface area contributed by atoms with Gasteiger partial charge in [0.2, 0.25) is 10.0 Å². The van der Waals surface area contributed by atoms with Crippen LogP contribution in [-0.4, -0.2) is 22.8 Å². The number of nitrogens with two attached hydrogens (primary N) is 1. The maximum Gasteiger partial charge on any atom is 0.242 e. The van der Waals surface area contributed by atoms with Crippen molar-refractivity contribution in [2.75, 3.05) is 0 Å². The maximum absolute atomic E-state index is 12.2. The van der Waals surface area contributed by atoms with E-state index in [0.29, 0.717) is 6.54 Å². The van der Waals surface area contributed by atoms with Gasteiger partial charge >= 0.3 is 0 Å². The van der Waals surface area contributed by atoms with Crippen molar-refractivity contribution in [3.8, 4) is 0 Å². The monoisotopic (exact) mass is 297 g/mol. The Morgan fingerprint density at radius 3 is 2.60 bits per heavy atom. The van der Waals surface area contributed by atoms with Gasteiger partial charge in [-0.05, 0) is 13.0 Å². The van der Waals surface area contributed by atoms with E-state index in [2.05, 4.69) is 9.82 Å². The van der Waals surface area contributed by atoms with Crippen LogP contribution >= 0.6 is 0 Å². The summed E-state index contributed by atoms with van der Waals surface area (Å²) in [4.78, 5) is 0.224. The van der Waals surface area contributed by atoms with Crippen molar-refractivity contribution in [1.82, 2.24) is 19.1 Å². The fourth-order valence-electron chi connectivity index (χ4n) is 1.90. The highest BCUT2D eigenvalue weighted by molar-refractivity contribution is 7.89. The number of nitrogens with zero attached hydrogens (tertiary/aromatic N) is 3. The second kappa shape index (κ2) is 5.39. The number of aromatic nitrogens is 3. The lowest BCUT2D eigenvalue weighted by molar-refractivity contribution is 0.581. The van der Waals surface area contributed by atoms with Crippen molar-refractivity contribution >= 4 is 10.0 Å². The minimum Gasteiger partial charge on any atom is -0.352 e. The van der Waals surface area contributed by atoms with Crippen LogP contribution in [0, 0.1) is 6.92 Å². The molecule has 2 heterocycles. The highest BCUT2D eigenvalue weighted by atomic mass is 32.2. The number of rotatable bonds is 5. The Balaban J connectivity index is 2.17. The highest BCUT2D eigenvalue weighted by Crippen LogP contribution is 2.14. The Morgan fingerprint density at radius 1 is 1.40 bits per heavy atom. The summed E-state index contributed by atoms with van der Waals surface area (Å²) in [6.07, 6.45) is 3.22.